The van der Waals surface area contributed by atoms with Crippen molar-refractivity contribution in [3.8, 4) is 10.4 Å². The molecule has 0 saturated carbocycles. The molecular weight excluding hydrogens is 389 g/mol. The number of rotatable bonds is 2. The first-order chi connectivity index (χ1) is 14.1. The van der Waals surface area contributed by atoms with Crippen molar-refractivity contribution in [2.24, 2.45) is 5.92 Å². The van der Waals surface area contributed by atoms with Crippen LogP contribution in [0.2, 0.25) is 0 Å². The van der Waals surface area contributed by atoms with Gasteiger partial charge in [0.25, 0.3) is 5.56 Å². The molecule has 1 saturated heterocycles. The molecule has 2 aliphatic heterocycles. The molecular formula is C22H20FN3O2S. The molecule has 2 aliphatic rings. The van der Waals surface area contributed by atoms with Gasteiger partial charge in [0.05, 0.1) is 5.56 Å². The first kappa shape index (κ1) is 18.1. The van der Waals surface area contributed by atoms with Gasteiger partial charge in [-0.25, -0.2) is 9.18 Å². The summed E-state index contributed by atoms with van der Waals surface area (Å²) in [4.78, 5) is 28.6. The van der Waals surface area contributed by atoms with E-state index in [1.165, 1.54) is 12.1 Å². The SMILES string of the molecule is O=C(Nc1cccc(F)c1)N1C[C@@H]2C[C@H](C1)c1ccc(-c3cccs3)c(=O)n1C2. The summed E-state index contributed by atoms with van der Waals surface area (Å²) in [5, 5.41) is 4.76. The Morgan fingerprint density at radius 1 is 1.10 bits per heavy atom. The molecule has 2 atom stereocenters. The third kappa shape index (κ3) is 3.35. The summed E-state index contributed by atoms with van der Waals surface area (Å²) < 4.78 is 15.3. The van der Waals surface area contributed by atoms with E-state index in [9.17, 15) is 14.0 Å². The Bertz CT molecular complexity index is 1130. The Kier molecular flexibility index (Phi) is 4.47. The number of anilines is 1. The summed E-state index contributed by atoms with van der Waals surface area (Å²) in [6, 6.07) is 13.5. The minimum atomic E-state index is -0.381. The van der Waals surface area contributed by atoms with E-state index in [1.807, 2.05) is 34.2 Å². The lowest BCUT2D eigenvalue weighted by Gasteiger charge is -2.42. The van der Waals surface area contributed by atoms with E-state index in [-0.39, 0.29) is 29.2 Å². The fourth-order valence-corrected chi connectivity index (χ4v) is 5.24. The summed E-state index contributed by atoms with van der Waals surface area (Å²) in [5.74, 6) is -0.0187. The van der Waals surface area contributed by atoms with Crippen LogP contribution in [0.1, 0.15) is 18.0 Å². The summed E-state index contributed by atoms with van der Waals surface area (Å²) in [5.41, 5.74) is 2.24. The first-order valence-corrected chi connectivity index (χ1v) is 10.6. The maximum atomic E-state index is 13.4. The van der Waals surface area contributed by atoms with E-state index in [4.69, 9.17) is 0 Å². The van der Waals surface area contributed by atoms with Crippen LogP contribution in [0.15, 0.2) is 58.7 Å². The third-order valence-electron chi connectivity index (χ3n) is 5.75. The number of thiophene rings is 1. The van der Waals surface area contributed by atoms with Gasteiger partial charge in [-0.15, -0.1) is 11.3 Å². The van der Waals surface area contributed by atoms with Crippen molar-refractivity contribution in [2.75, 3.05) is 18.4 Å². The van der Waals surface area contributed by atoms with Gasteiger partial charge in [-0.1, -0.05) is 12.1 Å². The van der Waals surface area contributed by atoms with Crippen LogP contribution in [-0.2, 0) is 6.54 Å². The number of nitrogens with one attached hydrogen (secondary N) is 1. The van der Waals surface area contributed by atoms with Crippen molar-refractivity contribution in [3.63, 3.8) is 0 Å². The average molecular weight is 409 g/mol. The molecule has 0 aliphatic carbocycles. The summed E-state index contributed by atoms with van der Waals surface area (Å²) in [6.45, 7) is 1.76. The number of likely N-dealkylation sites (tertiary alicyclic amines) is 1. The summed E-state index contributed by atoms with van der Waals surface area (Å²) in [7, 11) is 0. The number of carbonyl (C=O) groups excluding carboxylic acids is 1. The Balaban J connectivity index is 1.39. The number of urea groups is 1. The number of halogens is 1. The number of amides is 2. The Morgan fingerprint density at radius 3 is 2.79 bits per heavy atom. The van der Waals surface area contributed by atoms with Crippen LogP contribution in [0.3, 0.4) is 0 Å². The lowest BCUT2D eigenvalue weighted by atomic mass is 9.83. The predicted molar refractivity (Wildman–Crippen MR) is 112 cm³/mol. The largest absolute Gasteiger partial charge is 0.324 e. The molecule has 148 valence electrons. The Hall–Kier alpha value is -2.93. The molecule has 7 heteroatoms. The molecule has 2 amide bonds. The van der Waals surface area contributed by atoms with E-state index < -0.39 is 0 Å². The fraction of sp³-hybridized carbons (Fsp3) is 0.273. The van der Waals surface area contributed by atoms with Crippen LogP contribution in [0, 0.1) is 11.7 Å². The number of benzene rings is 1. The van der Waals surface area contributed by atoms with E-state index >= 15 is 0 Å². The molecule has 2 bridgehead atoms. The minimum absolute atomic E-state index is 0.0531. The normalized spacial score (nSPS) is 20.2. The van der Waals surface area contributed by atoms with Crippen LogP contribution in [-0.4, -0.2) is 28.6 Å². The van der Waals surface area contributed by atoms with E-state index in [0.717, 1.165) is 22.6 Å². The molecule has 1 fully saturated rings. The van der Waals surface area contributed by atoms with Gasteiger partial charge in [0.2, 0.25) is 0 Å². The Labute approximate surface area is 171 Å². The topological polar surface area (TPSA) is 54.3 Å². The minimum Gasteiger partial charge on any atom is -0.324 e. The zero-order valence-electron chi connectivity index (χ0n) is 15.7. The van der Waals surface area contributed by atoms with E-state index in [0.29, 0.717) is 25.3 Å². The zero-order valence-corrected chi connectivity index (χ0v) is 16.5. The van der Waals surface area contributed by atoms with Crippen molar-refractivity contribution >= 4 is 23.1 Å². The lowest BCUT2D eigenvalue weighted by molar-refractivity contribution is 0.139. The van der Waals surface area contributed by atoms with Gasteiger partial charge in [0, 0.05) is 41.8 Å². The van der Waals surface area contributed by atoms with Crippen LogP contribution in [0.4, 0.5) is 14.9 Å². The summed E-state index contributed by atoms with van der Waals surface area (Å²) in [6.07, 6.45) is 0.974. The summed E-state index contributed by atoms with van der Waals surface area (Å²) >= 11 is 1.57. The standard InChI is InChI=1S/C22H20FN3O2S/c23-16-3-1-4-17(10-16)24-22(28)25-11-14-9-15(13-25)19-7-6-18(20-5-2-8-29-20)21(27)26(19)12-14/h1-8,10,14-15H,9,11-13H2,(H,24,28)/t14-,15+/m0/s1. The van der Waals surface area contributed by atoms with Crippen molar-refractivity contribution < 1.29 is 9.18 Å². The van der Waals surface area contributed by atoms with Gasteiger partial charge in [-0.2, -0.15) is 0 Å². The van der Waals surface area contributed by atoms with Crippen molar-refractivity contribution in [2.45, 2.75) is 18.9 Å². The molecule has 4 heterocycles. The average Bonchev–Trinajstić information content (AvgIpc) is 3.23. The Morgan fingerprint density at radius 2 is 2.00 bits per heavy atom. The lowest BCUT2D eigenvalue weighted by Crippen LogP contribution is -2.50. The molecule has 2 aromatic heterocycles. The quantitative estimate of drug-likeness (QED) is 0.683. The number of piperidine rings is 1. The highest BCUT2D eigenvalue weighted by Crippen LogP contribution is 2.36. The monoisotopic (exact) mass is 409 g/mol. The van der Waals surface area contributed by atoms with E-state index in [2.05, 4.69) is 5.32 Å². The van der Waals surface area contributed by atoms with Crippen molar-refractivity contribution in [3.05, 3.63) is 75.8 Å². The second-order valence-corrected chi connectivity index (χ2v) is 8.66. The fourth-order valence-electron chi connectivity index (χ4n) is 4.50. The molecule has 1 N–H and O–H groups in total. The third-order valence-corrected chi connectivity index (χ3v) is 6.66. The van der Waals surface area contributed by atoms with Gasteiger partial charge >= 0.3 is 6.03 Å². The molecule has 5 rings (SSSR count). The predicted octanol–water partition coefficient (Wildman–Crippen LogP) is 4.37. The molecule has 0 radical (unpaired) electrons. The second kappa shape index (κ2) is 7.15. The molecule has 29 heavy (non-hydrogen) atoms. The smallest absolute Gasteiger partial charge is 0.321 e. The van der Waals surface area contributed by atoms with Crippen LogP contribution >= 0.6 is 11.3 Å². The van der Waals surface area contributed by atoms with Gasteiger partial charge in [0.15, 0.2) is 0 Å². The zero-order chi connectivity index (χ0) is 20.0. The second-order valence-electron chi connectivity index (χ2n) is 7.71. The van der Waals surface area contributed by atoms with E-state index in [1.54, 1.807) is 28.4 Å². The number of pyridine rings is 1. The maximum Gasteiger partial charge on any atom is 0.321 e. The number of hydrogen-bond acceptors (Lipinski definition) is 3. The number of nitrogens with zero attached hydrogens (tertiary/aromatic N) is 2. The van der Waals surface area contributed by atoms with Gasteiger partial charge in [0.1, 0.15) is 5.82 Å². The number of carbonyl (C=O) groups is 1. The van der Waals surface area contributed by atoms with Gasteiger partial charge in [-0.3, -0.25) is 4.79 Å². The molecule has 0 unspecified atom stereocenters. The first-order valence-electron chi connectivity index (χ1n) is 9.67. The molecule has 3 aromatic rings. The maximum absolute atomic E-state index is 13.4. The van der Waals surface area contributed by atoms with Crippen LogP contribution in [0.25, 0.3) is 10.4 Å². The highest BCUT2D eigenvalue weighted by atomic mass is 32.1. The van der Waals surface area contributed by atoms with Gasteiger partial charge < -0.3 is 14.8 Å². The number of fused-ring (bicyclic) bond motifs is 4. The highest BCUT2D eigenvalue weighted by Gasteiger charge is 2.36. The molecule has 5 nitrogen and oxygen atoms in total. The van der Waals surface area contributed by atoms with Crippen LogP contribution in [0.5, 0.6) is 0 Å². The van der Waals surface area contributed by atoms with Crippen molar-refractivity contribution in [1.29, 1.82) is 0 Å². The number of aromatic nitrogens is 1. The molecule has 0 spiro atoms. The number of hydrogen-bond donors (Lipinski definition) is 1. The highest BCUT2D eigenvalue weighted by molar-refractivity contribution is 7.13. The van der Waals surface area contributed by atoms with Crippen LogP contribution < -0.4 is 10.9 Å². The molecule has 1 aromatic carbocycles. The van der Waals surface area contributed by atoms with Crippen molar-refractivity contribution in [1.82, 2.24) is 9.47 Å². The van der Waals surface area contributed by atoms with Gasteiger partial charge in [-0.05, 0) is 54.1 Å².